The molecule has 0 aliphatic carbocycles. The molecule has 0 saturated heterocycles. The molecule has 17 heavy (non-hydrogen) atoms. The van der Waals surface area contributed by atoms with Gasteiger partial charge in [-0.25, -0.2) is 0 Å². The van der Waals surface area contributed by atoms with Crippen LogP contribution < -0.4 is 5.73 Å². The highest BCUT2D eigenvalue weighted by atomic mass is 79.9. The molecule has 2 aromatic rings. The predicted octanol–water partition coefficient (Wildman–Crippen LogP) is 3.24. The van der Waals surface area contributed by atoms with Gasteiger partial charge in [-0.1, -0.05) is 6.07 Å². The van der Waals surface area contributed by atoms with E-state index in [0.29, 0.717) is 0 Å². The molecule has 2 N–H and O–H groups in total. The molecule has 0 spiro atoms. The Morgan fingerprint density at radius 2 is 2.12 bits per heavy atom. The zero-order valence-corrected chi connectivity index (χ0v) is 12.1. The number of pyridine rings is 2. The summed E-state index contributed by atoms with van der Waals surface area (Å²) in [6, 6.07) is 5.73. The lowest BCUT2D eigenvalue weighted by atomic mass is 10.1. The minimum atomic E-state index is -0.137. The summed E-state index contributed by atoms with van der Waals surface area (Å²) in [5.74, 6) is 0. The van der Waals surface area contributed by atoms with Crippen LogP contribution in [-0.2, 0) is 6.42 Å². The van der Waals surface area contributed by atoms with E-state index in [1.165, 1.54) is 0 Å². The Balaban J connectivity index is 2.17. The fourth-order valence-electron chi connectivity index (χ4n) is 1.57. The Morgan fingerprint density at radius 3 is 2.76 bits per heavy atom. The van der Waals surface area contributed by atoms with Gasteiger partial charge in [0.05, 0.1) is 11.7 Å². The average Bonchev–Trinajstić information content (AvgIpc) is 2.30. The highest BCUT2D eigenvalue weighted by Crippen LogP contribution is 2.25. The lowest BCUT2D eigenvalue weighted by Gasteiger charge is -2.12. The van der Waals surface area contributed by atoms with Crippen LogP contribution in [0.5, 0.6) is 0 Å². The number of hydrogen-bond acceptors (Lipinski definition) is 3. The number of halogens is 2. The third-order valence-electron chi connectivity index (χ3n) is 2.37. The van der Waals surface area contributed by atoms with Crippen molar-refractivity contribution in [3.05, 3.63) is 57.0 Å². The zero-order chi connectivity index (χ0) is 12.3. The number of aromatic nitrogens is 2. The summed E-state index contributed by atoms with van der Waals surface area (Å²) in [5, 5.41) is 0. The normalized spacial score (nSPS) is 12.4. The van der Waals surface area contributed by atoms with Gasteiger partial charge in [-0.05, 0) is 56.0 Å². The first kappa shape index (κ1) is 12.7. The van der Waals surface area contributed by atoms with Crippen LogP contribution in [0.4, 0.5) is 0 Å². The molecule has 88 valence electrons. The summed E-state index contributed by atoms with van der Waals surface area (Å²) >= 11 is 6.84. The Labute approximate surface area is 117 Å². The molecule has 0 radical (unpaired) electrons. The smallest absolute Gasteiger partial charge is 0.0716 e. The monoisotopic (exact) mass is 355 g/mol. The highest BCUT2D eigenvalue weighted by Gasteiger charge is 2.12. The third kappa shape index (κ3) is 3.34. The van der Waals surface area contributed by atoms with E-state index in [0.717, 1.165) is 26.6 Å². The van der Waals surface area contributed by atoms with Gasteiger partial charge in [-0.2, -0.15) is 0 Å². The summed E-state index contributed by atoms with van der Waals surface area (Å²) in [6.45, 7) is 0. The lowest BCUT2D eigenvalue weighted by Crippen LogP contribution is -2.15. The standard InChI is InChI=1S/C12H11Br2N3/c13-9-5-10(14)12(17-7-9)11(15)4-8-2-1-3-16-6-8/h1-3,5-7,11H,4,15H2. The molecule has 0 aromatic carbocycles. The second-order valence-corrected chi connectivity index (χ2v) is 5.46. The van der Waals surface area contributed by atoms with E-state index in [4.69, 9.17) is 5.73 Å². The van der Waals surface area contributed by atoms with Crippen molar-refractivity contribution < 1.29 is 0 Å². The van der Waals surface area contributed by atoms with Gasteiger partial charge in [0.25, 0.3) is 0 Å². The molecule has 1 atom stereocenters. The van der Waals surface area contributed by atoms with E-state index in [2.05, 4.69) is 41.8 Å². The van der Waals surface area contributed by atoms with E-state index in [-0.39, 0.29) is 6.04 Å². The van der Waals surface area contributed by atoms with Crippen LogP contribution in [0.1, 0.15) is 17.3 Å². The highest BCUT2D eigenvalue weighted by molar-refractivity contribution is 9.11. The topological polar surface area (TPSA) is 51.8 Å². The van der Waals surface area contributed by atoms with Crippen molar-refractivity contribution in [1.82, 2.24) is 9.97 Å². The van der Waals surface area contributed by atoms with E-state index in [1.807, 2.05) is 24.4 Å². The molecule has 0 aliphatic rings. The van der Waals surface area contributed by atoms with Crippen LogP contribution in [0, 0.1) is 0 Å². The van der Waals surface area contributed by atoms with E-state index < -0.39 is 0 Å². The van der Waals surface area contributed by atoms with Gasteiger partial charge < -0.3 is 5.73 Å². The Kier molecular flexibility index (Phi) is 4.25. The minimum Gasteiger partial charge on any atom is -0.322 e. The molecular weight excluding hydrogens is 346 g/mol. The molecule has 5 heteroatoms. The molecule has 0 bridgehead atoms. The molecule has 0 amide bonds. The first-order valence-corrected chi connectivity index (χ1v) is 6.71. The summed E-state index contributed by atoms with van der Waals surface area (Å²) in [7, 11) is 0. The summed E-state index contributed by atoms with van der Waals surface area (Å²) < 4.78 is 1.85. The Morgan fingerprint density at radius 1 is 1.29 bits per heavy atom. The average molecular weight is 357 g/mol. The van der Waals surface area contributed by atoms with Crippen molar-refractivity contribution in [2.24, 2.45) is 5.73 Å². The van der Waals surface area contributed by atoms with Crippen LogP contribution in [0.2, 0.25) is 0 Å². The van der Waals surface area contributed by atoms with E-state index >= 15 is 0 Å². The molecule has 1 unspecified atom stereocenters. The van der Waals surface area contributed by atoms with Gasteiger partial charge in [0.15, 0.2) is 0 Å². The van der Waals surface area contributed by atoms with E-state index in [9.17, 15) is 0 Å². The number of nitrogens with two attached hydrogens (primary N) is 1. The summed E-state index contributed by atoms with van der Waals surface area (Å²) in [4.78, 5) is 8.41. The van der Waals surface area contributed by atoms with Gasteiger partial charge in [-0.15, -0.1) is 0 Å². The maximum Gasteiger partial charge on any atom is 0.0716 e. The summed E-state index contributed by atoms with van der Waals surface area (Å²) in [5.41, 5.74) is 8.11. The second-order valence-electron chi connectivity index (χ2n) is 3.69. The molecule has 2 aromatic heterocycles. The maximum atomic E-state index is 6.14. The molecule has 0 saturated carbocycles. The molecule has 3 nitrogen and oxygen atoms in total. The molecule has 0 aliphatic heterocycles. The third-order valence-corrected chi connectivity index (χ3v) is 3.43. The van der Waals surface area contributed by atoms with Crippen LogP contribution in [0.25, 0.3) is 0 Å². The number of rotatable bonds is 3. The van der Waals surface area contributed by atoms with Crippen molar-refractivity contribution in [3.8, 4) is 0 Å². The quantitative estimate of drug-likeness (QED) is 0.918. The van der Waals surface area contributed by atoms with Crippen molar-refractivity contribution >= 4 is 31.9 Å². The number of nitrogens with zero attached hydrogens (tertiary/aromatic N) is 2. The van der Waals surface area contributed by atoms with Gasteiger partial charge in [-0.3, -0.25) is 9.97 Å². The van der Waals surface area contributed by atoms with Crippen molar-refractivity contribution in [1.29, 1.82) is 0 Å². The molecule has 2 heterocycles. The molecule has 2 rings (SSSR count). The van der Waals surface area contributed by atoms with Crippen LogP contribution in [-0.4, -0.2) is 9.97 Å². The first-order chi connectivity index (χ1) is 8.16. The van der Waals surface area contributed by atoms with Gasteiger partial charge in [0.2, 0.25) is 0 Å². The number of hydrogen-bond donors (Lipinski definition) is 1. The van der Waals surface area contributed by atoms with Crippen molar-refractivity contribution in [2.45, 2.75) is 12.5 Å². The minimum absolute atomic E-state index is 0.137. The van der Waals surface area contributed by atoms with Gasteiger partial charge >= 0.3 is 0 Å². The zero-order valence-electron chi connectivity index (χ0n) is 8.98. The Hall–Kier alpha value is -0.780. The largest absolute Gasteiger partial charge is 0.322 e. The van der Waals surface area contributed by atoms with Gasteiger partial charge in [0, 0.05) is 27.5 Å². The van der Waals surface area contributed by atoms with Crippen molar-refractivity contribution in [2.75, 3.05) is 0 Å². The Bertz CT molecular complexity index is 502. The van der Waals surface area contributed by atoms with Crippen LogP contribution in [0.3, 0.4) is 0 Å². The summed E-state index contributed by atoms with van der Waals surface area (Å²) in [6.07, 6.45) is 6.06. The molecule has 0 fully saturated rings. The predicted molar refractivity (Wildman–Crippen MR) is 74.5 cm³/mol. The van der Waals surface area contributed by atoms with Crippen LogP contribution >= 0.6 is 31.9 Å². The lowest BCUT2D eigenvalue weighted by molar-refractivity contribution is 0.690. The van der Waals surface area contributed by atoms with E-state index in [1.54, 1.807) is 12.4 Å². The van der Waals surface area contributed by atoms with Gasteiger partial charge in [0.1, 0.15) is 0 Å². The maximum absolute atomic E-state index is 6.14. The van der Waals surface area contributed by atoms with Crippen LogP contribution in [0.15, 0.2) is 45.7 Å². The first-order valence-electron chi connectivity index (χ1n) is 5.12. The van der Waals surface area contributed by atoms with Crippen molar-refractivity contribution in [3.63, 3.8) is 0 Å². The molecular formula is C12H11Br2N3. The SMILES string of the molecule is NC(Cc1cccnc1)c1ncc(Br)cc1Br. The fourth-order valence-corrected chi connectivity index (χ4v) is 2.85. The second kappa shape index (κ2) is 5.71. The fraction of sp³-hybridized carbons (Fsp3) is 0.167.